The molecule has 2 saturated heterocycles. The Labute approximate surface area is 145 Å². The van der Waals surface area contributed by atoms with Gasteiger partial charge < -0.3 is 15.4 Å². The maximum atomic E-state index is 5.97. The van der Waals surface area contributed by atoms with E-state index in [4.69, 9.17) is 9.73 Å². The Kier molecular flexibility index (Phi) is 4.49. The van der Waals surface area contributed by atoms with Crippen LogP contribution in [0.1, 0.15) is 51.0 Å². The van der Waals surface area contributed by atoms with Gasteiger partial charge in [0, 0.05) is 12.0 Å². The van der Waals surface area contributed by atoms with Gasteiger partial charge in [-0.2, -0.15) is 0 Å². The zero-order chi connectivity index (χ0) is 16.4. The molecular formula is C20H29N3O. The SMILES string of the molecule is CCNC(=NCC1(c2ccccc2)CCC1)NC1CC2CCC1O2. The van der Waals surface area contributed by atoms with Crippen molar-refractivity contribution in [2.45, 2.75) is 69.1 Å². The lowest BCUT2D eigenvalue weighted by molar-refractivity contribution is 0.0992. The van der Waals surface area contributed by atoms with Crippen LogP contribution in [0.4, 0.5) is 0 Å². The molecule has 3 fully saturated rings. The molecule has 0 spiro atoms. The van der Waals surface area contributed by atoms with E-state index >= 15 is 0 Å². The second kappa shape index (κ2) is 6.75. The normalized spacial score (nSPS) is 30.9. The van der Waals surface area contributed by atoms with Crippen molar-refractivity contribution >= 4 is 5.96 Å². The first kappa shape index (κ1) is 15.9. The Bertz CT molecular complexity index is 582. The van der Waals surface area contributed by atoms with Gasteiger partial charge in [-0.3, -0.25) is 4.99 Å². The van der Waals surface area contributed by atoms with Crippen molar-refractivity contribution in [2.24, 2.45) is 4.99 Å². The monoisotopic (exact) mass is 327 g/mol. The van der Waals surface area contributed by atoms with E-state index in [-0.39, 0.29) is 5.41 Å². The van der Waals surface area contributed by atoms with Gasteiger partial charge >= 0.3 is 0 Å². The zero-order valence-corrected chi connectivity index (χ0v) is 14.6. The molecule has 1 saturated carbocycles. The maximum absolute atomic E-state index is 5.97. The number of rotatable bonds is 5. The Morgan fingerprint density at radius 3 is 2.67 bits per heavy atom. The molecule has 2 heterocycles. The van der Waals surface area contributed by atoms with E-state index in [1.165, 1.54) is 37.7 Å². The molecule has 3 aliphatic rings. The first-order chi connectivity index (χ1) is 11.8. The first-order valence-corrected chi connectivity index (χ1v) is 9.55. The van der Waals surface area contributed by atoms with Crippen LogP contribution in [-0.2, 0) is 10.2 Å². The van der Waals surface area contributed by atoms with Gasteiger partial charge in [-0.1, -0.05) is 36.8 Å². The van der Waals surface area contributed by atoms with Crippen molar-refractivity contribution in [1.29, 1.82) is 0 Å². The standard InChI is InChI=1S/C20H29N3O/c1-2-21-19(23-17-13-16-9-10-18(17)24-16)22-14-20(11-6-12-20)15-7-4-3-5-8-15/h3-5,7-8,16-18H,2,6,9-14H2,1H3,(H2,21,22,23). The highest BCUT2D eigenvalue weighted by Gasteiger charge is 2.41. The number of hydrogen-bond donors (Lipinski definition) is 2. The second-order valence-electron chi connectivity index (χ2n) is 7.56. The summed E-state index contributed by atoms with van der Waals surface area (Å²) in [4.78, 5) is 4.97. The number of fused-ring (bicyclic) bond motifs is 2. The van der Waals surface area contributed by atoms with Gasteiger partial charge in [0.15, 0.2) is 5.96 Å². The molecule has 0 radical (unpaired) electrons. The highest BCUT2D eigenvalue weighted by atomic mass is 16.5. The van der Waals surface area contributed by atoms with Crippen LogP contribution in [-0.4, -0.2) is 37.3 Å². The predicted molar refractivity (Wildman–Crippen MR) is 97.4 cm³/mol. The van der Waals surface area contributed by atoms with Gasteiger partial charge in [0.05, 0.1) is 24.8 Å². The van der Waals surface area contributed by atoms with Crippen LogP contribution < -0.4 is 10.6 Å². The molecule has 0 amide bonds. The van der Waals surface area contributed by atoms with Crippen LogP contribution in [0.5, 0.6) is 0 Å². The summed E-state index contributed by atoms with van der Waals surface area (Å²) in [7, 11) is 0. The number of ether oxygens (including phenoxy) is 1. The lowest BCUT2D eigenvalue weighted by Gasteiger charge is -2.41. The quantitative estimate of drug-likeness (QED) is 0.645. The van der Waals surface area contributed by atoms with Gasteiger partial charge in [0.25, 0.3) is 0 Å². The number of nitrogens with one attached hydrogen (secondary N) is 2. The van der Waals surface area contributed by atoms with Crippen molar-refractivity contribution < 1.29 is 4.74 Å². The van der Waals surface area contributed by atoms with Crippen LogP contribution >= 0.6 is 0 Å². The van der Waals surface area contributed by atoms with Gasteiger partial charge in [-0.05, 0) is 44.6 Å². The molecule has 4 heteroatoms. The minimum absolute atomic E-state index is 0.245. The first-order valence-electron chi connectivity index (χ1n) is 9.55. The molecule has 1 aromatic carbocycles. The lowest BCUT2D eigenvalue weighted by Crippen LogP contribution is -2.48. The highest BCUT2D eigenvalue weighted by Crippen LogP contribution is 2.44. The molecule has 1 aromatic rings. The summed E-state index contributed by atoms with van der Waals surface area (Å²) in [6, 6.07) is 11.3. The van der Waals surface area contributed by atoms with E-state index in [0.29, 0.717) is 18.2 Å². The molecular weight excluding hydrogens is 298 g/mol. The summed E-state index contributed by atoms with van der Waals surface area (Å²) in [6.45, 7) is 3.89. The molecule has 4 nitrogen and oxygen atoms in total. The number of aliphatic imine (C=N–C) groups is 1. The van der Waals surface area contributed by atoms with Crippen molar-refractivity contribution in [2.75, 3.05) is 13.1 Å². The molecule has 130 valence electrons. The third-order valence-electron chi connectivity index (χ3n) is 6.01. The molecule has 2 bridgehead atoms. The average molecular weight is 327 g/mol. The summed E-state index contributed by atoms with van der Waals surface area (Å²) in [5.41, 5.74) is 1.69. The molecule has 3 unspecified atom stereocenters. The molecule has 1 aliphatic carbocycles. The second-order valence-corrected chi connectivity index (χ2v) is 7.56. The molecule has 4 rings (SSSR count). The summed E-state index contributed by atoms with van der Waals surface area (Å²) < 4.78 is 5.97. The van der Waals surface area contributed by atoms with E-state index < -0.39 is 0 Å². The van der Waals surface area contributed by atoms with Gasteiger partial charge in [-0.25, -0.2) is 0 Å². The third kappa shape index (κ3) is 3.04. The maximum Gasteiger partial charge on any atom is 0.191 e. The van der Waals surface area contributed by atoms with Crippen LogP contribution in [0, 0.1) is 0 Å². The minimum Gasteiger partial charge on any atom is -0.373 e. The zero-order valence-electron chi connectivity index (χ0n) is 14.6. The Hall–Kier alpha value is -1.55. The van der Waals surface area contributed by atoms with E-state index in [9.17, 15) is 0 Å². The predicted octanol–water partition coefficient (Wildman–Crippen LogP) is 2.98. The van der Waals surface area contributed by atoms with Crippen LogP contribution in [0.25, 0.3) is 0 Å². The summed E-state index contributed by atoms with van der Waals surface area (Å²) in [5.74, 6) is 0.959. The third-order valence-corrected chi connectivity index (χ3v) is 6.01. The minimum atomic E-state index is 0.245. The van der Waals surface area contributed by atoms with Crippen molar-refractivity contribution in [3.63, 3.8) is 0 Å². The number of hydrogen-bond acceptors (Lipinski definition) is 2. The number of benzene rings is 1. The van der Waals surface area contributed by atoms with E-state index in [0.717, 1.165) is 25.5 Å². The van der Waals surface area contributed by atoms with E-state index in [1.807, 2.05) is 0 Å². The van der Waals surface area contributed by atoms with E-state index in [2.05, 4.69) is 47.9 Å². The van der Waals surface area contributed by atoms with E-state index in [1.54, 1.807) is 0 Å². The molecule has 24 heavy (non-hydrogen) atoms. The summed E-state index contributed by atoms with van der Waals surface area (Å²) >= 11 is 0. The van der Waals surface area contributed by atoms with Crippen LogP contribution in [0.2, 0.25) is 0 Å². The van der Waals surface area contributed by atoms with Gasteiger partial charge in [0.1, 0.15) is 0 Å². The Morgan fingerprint density at radius 1 is 1.25 bits per heavy atom. The fourth-order valence-electron chi connectivity index (χ4n) is 4.45. The largest absolute Gasteiger partial charge is 0.373 e. The summed E-state index contributed by atoms with van der Waals surface area (Å²) in [5, 5.41) is 7.06. The van der Waals surface area contributed by atoms with Crippen molar-refractivity contribution in [1.82, 2.24) is 10.6 Å². The van der Waals surface area contributed by atoms with Gasteiger partial charge in [-0.15, -0.1) is 0 Å². The smallest absolute Gasteiger partial charge is 0.191 e. The molecule has 2 aliphatic heterocycles. The highest BCUT2D eigenvalue weighted by molar-refractivity contribution is 5.80. The van der Waals surface area contributed by atoms with Crippen LogP contribution in [0.15, 0.2) is 35.3 Å². The van der Waals surface area contributed by atoms with Crippen LogP contribution in [0.3, 0.4) is 0 Å². The molecule has 2 N–H and O–H groups in total. The fraction of sp³-hybridized carbons (Fsp3) is 0.650. The topological polar surface area (TPSA) is 45.7 Å². The fourth-order valence-corrected chi connectivity index (χ4v) is 4.45. The van der Waals surface area contributed by atoms with Gasteiger partial charge in [0.2, 0.25) is 0 Å². The van der Waals surface area contributed by atoms with Crippen molar-refractivity contribution in [3.8, 4) is 0 Å². The Morgan fingerprint density at radius 2 is 2.08 bits per heavy atom. The average Bonchev–Trinajstić information content (AvgIpc) is 3.18. The summed E-state index contributed by atoms with van der Waals surface area (Å²) in [6.07, 6.45) is 8.20. The number of nitrogens with zero attached hydrogens (tertiary/aromatic N) is 1. The lowest BCUT2D eigenvalue weighted by atomic mass is 9.64. The Balaban J connectivity index is 1.45. The van der Waals surface area contributed by atoms with Crippen molar-refractivity contribution in [3.05, 3.63) is 35.9 Å². The molecule has 3 atom stereocenters. The molecule has 0 aromatic heterocycles. The number of guanidine groups is 1.